The number of carbonyl (C=O) groups is 1. The molecule has 1 amide bonds. The molecule has 0 aromatic heterocycles. The number of carbonyl (C=O) groups excluding carboxylic acids is 1. The highest BCUT2D eigenvalue weighted by molar-refractivity contribution is 5.85. The van der Waals surface area contributed by atoms with Crippen molar-refractivity contribution in [1.82, 2.24) is 15.5 Å². The van der Waals surface area contributed by atoms with Gasteiger partial charge >= 0.3 is 0 Å². The van der Waals surface area contributed by atoms with Crippen molar-refractivity contribution in [3.63, 3.8) is 0 Å². The van der Waals surface area contributed by atoms with E-state index in [0.717, 1.165) is 32.4 Å². The van der Waals surface area contributed by atoms with Crippen molar-refractivity contribution in [1.29, 1.82) is 0 Å². The van der Waals surface area contributed by atoms with Gasteiger partial charge in [-0.05, 0) is 44.7 Å². The number of guanidine groups is 1. The monoisotopic (exact) mass is 378 g/mol. The summed E-state index contributed by atoms with van der Waals surface area (Å²) in [6.07, 6.45) is 3.97. The first-order valence-corrected chi connectivity index (χ1v) is 9.84. The predicted octanol–water partition coefficient (Wildman–Crippen LogP) is 2.55. The molecule has 2 rings (SSSR count). The maximum atomic E-state index is 13.3. The highest BCUT2D eigenvalue weighted by Crippen LogP contribution is 2.14. The Morgan fingerprint density at radius 3 is 2.70 bits per heavy atom. The minimum Gasteiger partial charge on any atom is -0.489 e. The molecule has 0 saturated carbocycles. The van der Waals surface area contributed by atoms with Gasteiger partial charge < -0.3 is 20.3 Å². The van der Waals surface area contributed by atoms with Gasteiger partial charge in [-0.25, -0.2) is 9.38 Å². The molecule has 2 N–H and O–H groups in total. The Morgan fingerprint density at radius 2 is 2.04 bits per heavy atom. The summed E-state index contributed by atoms with van der Waals surface area (Å²) in [5.41, 5.74) is 0. The van der Waals surface area contributed by atoms with Crippen LogP contribution in [-0.4, -0.2) is 55.6 Å². The lowest BCUT2D eigenvalue weighted by molar-refractivity contribution is -0.130. The zero-order valence-corrected chi connectivity index (χ0v) is 16.3. The van der Waals surface area contributed by atoms with E-state index in [1.807, 2.05) is 18.7 Å². The van der Waals surface area contributed by atoms with Gasteiger partial charge in [-0.2, -0.15) is 0 Å². The Hall–Kier alpha value is -2.31. The van der Waals surface area contributed by atoms with Crippen LogP contribution in [0.2, 0.25) is 0 Å². The second-order valence-electron chi connectivity index (χ2n) is 6.62. The van der Waals surface area contributed by atoms with E-state index >= 15 is 0 Å². The molecule has 1 aromatic carbocycles. The van der Waals surface area contributed by atoms with Crippen LogP contribution in [0, 0.1) is 5.82 Å². The molecule has 1 saturated heterocycles. The van der Waals surface area contributed by atoms with Gasteiger partial charge in [-0.15, -0.1) is 0 Å². The summed E-state index contributed by atoms with van der Waals surface area (Å²) in [6.45, 7) is 6.99. The number of aliphatic imine (C=N–C) groups is 1. The van der Waals surface area contributed by atoms with Gasteiger partial charge in [0.2, 0.25) is 5.91 Å². The number of likely N-dealkylation sites (tertiary alicyclic amines) is 1. The van der Waals surface area contributed by atoms with Crippen LogP contribution < -0.4 is 15.4 Å². The topological polar surface area (TPSA) is 66.0 Å². The third-order valence-electron chi connectivity index (χ3n) is 4.48. The van der Waals surface area contributed by atoms with E-state index in [2.05, 4.69) is 15.6 Å². The molecule has 0 radical (unpaired) electrons. The van der Waals surface area contributed by atoms with Gasteiger partial charge in [0.05, 0.1) is 6.54 Å². The molecule has 0 bridgehead atoms. The first kappa shape index (κ1) is 21.0. The molecular weight excluding hydrogens is 347 g/mol. The molecule has 1 aromatic rings. The Morgan fingerprint density at radius 1 is 1.26 bits per heavy atom. The van der Waals surface area contributed by atoms with Crippen LogP contribution in [0.25, 0.3) is 0 Å². The first-order chi connectivity index (χ1) is 13.1. The predicted molar refractivity (Wildman–Crippen MR) is 106 cm³/mol. The Bertz CT molecular complexity index is 618. The van der Waals surface area contributed by atoms with Crippen molar-refractivity contribution < 1.29 is 13.9 Å². The Labute approximate surface area is 161 Å². The van der Waals surface area contributed by atoms with Gasteiger partial charge in [0.1, 0.15) is 24.2 Å². The van der Waals surface area contributed by atoms with E-state index in [1.165, 1.54) is 18.6 Å². The minimum atomic E-state index is -0.318. The smallest absolute Gasteiger partial charge is 0.244 e. The molecule has 1 atom stereocenters. The average Bonchev–Trinajstić information content (AvgIpc) is 2.69. The third kappa shape index (κ3) is 7.45. The fourth-order valence-electron chi connectivity index (χ4n) is 2.94. The van der Waals surface area contributed by atoms with Crippen LogP contribution in [-0.2, 0) is 4.79 Å². The molecule has 1 aliphatic heterocycles. The third-order valence-corrected chi connectivity index (χ3v) is 4.48. The molecule has 1 unspecified atom stereocenters. The molecule has 0 spiro atoms. The molecule has 27 heavy (non-hydrogen) atoms. The van der Waals surface area contributed by atoms with E-state index in [-0.39, 0.29) is 24.4 Å². The quantitative estimate of drug-likeness (QED) is 0.539. The fraction of sp³-hybridized carbons (Fsp3) is 0.600. The number of nitrogens with one attached hydrogen (secondary N) is 2. The van der Waals surface area contributed by atoms with E-state index < -0.39 is 0 Å². The van der Waals surface area contributed by atoms with Gasteiger partial charge in [0, 0.05) is 25.7 Å². The standard InChI is InChI=1S/C20H31FN4O2/c1-3-17(27-18-10-8-9-16(21)13-18)14-23-20(22-4-2)24-15-19(26)25-11-6-5-7-12-25/h8-10,13,17H,3-7,11-12,14-15H2,1-2H3,(H2,22,23,24). The van der Waals surface area contributed by atoms with Gasteiger partial charge in [0.15, 0.2) is 5.96 Å². The molecular formula is C20H31FN4O2. The molecule has 7 heteroatoms. The molecule has 1 heterocycles. The van der Waals surface area contributed by atoms with Crippen LogP contribution in [0.3, 0.4) is 0 Å². The van der Waals surface area contributed by atoms with Crippen molar-refractivity contribution in [2.45, 2.75) is 45.6 Å². The summed E-state index contributed by atoms with van der Waals surface area (Å²) in [4.78, 5) is 18.6. The second-order valence-corrected chi connectivity index (χ2v) is 6.62. The number of nitrogens with zero attached hydrogens (tertiary/aromatic N) is 2. The summed E-state index contributed by atoms with van der Waals surface area (Å²) < 4.78 is 19.1. The largest absolute Gasteiger partial charge is 0.489 e. The highest BCUT2D eigenvalue weighted by Gasteiger charge is 2.16. The summed E-state index contributed by atoms with van der Waals surface area (Å²) in [6, 6.07) is 6.13. The maximum Gasteiger partial charge on any atom is 0.244 e. The maximum absolute atomic E-state index is 13.3. The summed E-state index contributed by atoms with van der Waals surface area (Å²) in [5.74, 6) is 0.839. The SMILES string of the molecule is CCNC(=NCC(=O)N1CCCCC1)NCC(CC)Oc1cccc(F)c1. The average molecular weight is 378 g/mol. The lowest BCUT2D eigenvalue weighted by Gasteiger charge is -2.26. The molecule has 1 fully saturated rings. The van der Waals surface area contributed by atoms with Crippen molar-refractivity contribution in [2.24, 2.45) is 4.99 Å². The zero-order chi connectivity index (χ0) is 19.5. The summed E-state index contributed by atoms with van der Waals surface area (Å²) >= 11 is 0. The molecule has 0 aliphatic carbocycles. The summed E-state index contributed by atoms with van der Waals surface area (Å²) in [7, 11) is 0. The van der Waals surface area contributed by atoms with Gasteiger partial charge in [-0.3, -0.25) is 4.79 Å². The van der Waals surface area contributed by atoms with Crippen molar-refractivity contribution >= 4 is 11.9 Å². The number of halogens is 1. The number of ether oxygens (including phenoxy) is 1. The zero-order valence-electron chi connectivity index (χ0n) is 16.3. The Balaban J connectivity index is 1.86. The highest BCUT2D eigenvalue weighted by atomic mass is 19.1. The lowest BCUT2D eigenvalue weighted by Crippen LogP contribution is -2.43. The van der Waals surface area contributed by atoms with Crippen LogP contribution in [0.15, 0.2) is 29.3 Å². The van der Waals surface area contributed by atoms with Crippen LogP contribution in [0.1, 0.15) is 39.5 Å². The number of amides is 1. The van der Waals surface area contributed by atoms with Crippen LogP contribution in [0.4, 0.5) is 4.39 Å². The van der Waals surface area contributed by atoms with E-state index in [0.29, 0.717) is 24.8 Å². The minimum absolute atomic E-state index is 0.0648. The fourth-order valence-corrected chi connectivity index (χ4v) is 2.94. The van der Waals surface area contributed by atoms with Gasteiger partial charge in [0.25, 0.3) is 0 Å². The molecule has 150 valence electrons. The van der Waals surface area contributed by atoms with Crippen LogP contribution >= 0.6 is 0 Å². The first-order valence-electron chi connectivity index (χ1n) is 9.84. The van der Waals surface area contributed by atoms with Gasteiger partial charge in [-0.1, -0.05) is 13.0 Å². The summed E-state index contributed by atoms with van der Waals surface area (Å²) in [5, 5.41) is 6.36. The lowest BCUT2D eigenvalue weighted by atomic mass is 10.1. The number of hydrogen-bond donors (Lipinski definition) is 2. The Kier molecular flexibility index (Phi) is 8.87. The van der Waals surface area contributed by atoms with E-state index in [4.69, 9.17) is 4.74 Å². The van der Waals surface area contributed by atoms with Crippen molar-refractivity contribution in [3.05, 3.63) is 30.1 Å². The van der Waals surface area contributed by atoms with Crippen LogP contribution in [0.5, 0.6) is 5.75 Å². The molecule has 6 nitrogen and oxygen atoms in total. The number of piperidine rings is 1. The van der Waals surface area contributed by atoms with Crippen molar-refractivity contribution in [2.75, 3.05) is 32.7 Å². The normalized spacial score (nSPS) is 16.0. The van der Waals surface area contributed by atoms with Crippen molar-refractivity contribution in [3.8, 4) is 5.75 Å². The number of benzene rings is 1. The van der Waals surface area contributed by atoms with E-state index in [9.17, 15) is 9.18 Å². The number of rotatable bonds is 8. The molecule has 1 aliphatic rings. The second kappa shape index (κ2) is 11.4. The van der Waals surface area contributed by atoms with E-state index in [1.54, 1.807) is 12.1 Å². The number of hydrogen-bond acceptors (Lipinski definition) is 3.